The van der Waals surface area contributed by atoms with Crippen LogP contribution in [0.4, 0.5) is 10.5 Å². The van der Waals surface area contributed by atoms with Crippen molar-refractivity contribution in [3.63, 3.8) is 0 Å². The molecule has 8 heteroatoms. The highest BCUT2D eigenvalue weighted by molar-refractivity contribution is 5.89. The van der Waals surface area contributed by atoms with E-state index in [1.54, 1.807) is 27.7 Å². The van der Waals surface area contributed by atoms with E-state index in [1.807, 2.05) is 0 Å². The van der Waals surface area contributed by atoms with Gasteiger partial charge < -0.3 is 14.8 Å². The van der Waals surface area contributed by atoms with Crippen LogP contribution in [-0.4, -0.2) is 34.7 Å². The number of benzene rings is 1. The van der Waals surface area contributed by atoms with Gasteiger partial charge in [-0.2, -0.15) is 0 Å². The Hall–Kier alpha value is -2.64. The third kappa shape index (κ3) is 5.72. The highest BCUT2D eigenvalue weighted by atomic mass is 16.6. The molecule has 1 aromatic carbocycles. The number of esters is 1. The molecule has 0 saturated heterocycles. The van der Waals surface area contributed by atoms with Crippen molar-refractivity contribution >= 4 is 17.7 Å². The van der Waals surface area contributed by atoms with Crippen LogP contribution in [0.1, 0.15) is 50.9 Å². The number of carbonyl (C=O) groups is 2. The Labute approximate surface area is 152 Å². The molecule has 0 heterocycles. The van der Waals surface area contributed by atoms with E-state index in [0.29, 0.717) is 0 Å². The summed E-state index contributed by atoms with van der Waals surface area (Å²) in [5.41, 5.74) is -0.486. The molecule has 1 saturated carbocycles. The summed E-state index contributed by atoms with van der Waals surface area (Å²) in [4.78, 5) is 34.4. The van der Waals surface area contributed by atoms with Crippen LogP contribution in [0.25, 0.3) is 0 Å². The van der Waals surface area contributed by atoms with Crippen molar-refractivity contribution in [2.75, 3.05) is 0 Å². The molecule has 1 aromatic rings. The van der Waals surface area contributed by atoms with Crippen molar-refractivity contribution < 1.29 is 24.0 Å². The zero-order valence-corrected chi connectivity index (χ0v) is 15.4. The number of hydrogen-bond donors (Lipinski definition) is 1. The molecular weight excluding hydrogens is 340 g/mol. The fourth-order valence-electron chi connectivity index (χ4n) is 2.52. The number of non-ortho nitro benzene ring substituents is 1. The van der Waals surface area contributed by atoms with E-state index in [2.05, 4.69) is 5.32 Å². The lowest BCUT2D eigenvalue weighted by atomic mass is 10.1. The van der Waals surface area contributed by atoms with Crippen molar-refractivity contribution in [1.29, 1.82) is 0 Å². The zero-order valence-electron chi connectivity index (χ0n) is 15.4. The Morgan fingerprint density at radius 2 is 1.81 bits per heavy atom. The molecule has 1 aliphatic carbocycles. The number of ether oxygens (including phenoxy) is 2. The SMILES string of the molecule is C[C@@H](NC(=O)OC(C)(C)C)[C@H](OC(=O)c1ccc([N+](=O)[O-])cc1)C1CC1. The zero-order chi connectivity index (χ0) is 19.5. The van der Waals surface area contributed by atoms with Crippen molar-refractivity contribution in [2.45, 2.75) is 58.3 Å². The van der Waals surface area contributed by atoms with Crippen LogP contribution in [0.2, 0.25) is 0 Å². The third-order valence-electron chi connectivity index (χ3n) is 3.88. The van der Waals surface area contributed by atoms with E-state index in [-0.39, 0.29) is 17.2 Å². The van der Waals surface area contributed by atoms with Crippen LogP contribution in [0.3, 0.4) is 0 Å². The maximum atomic E-state index is 12.4. The van der Waals surface area contributed by atoms with Crippen LogP contribution < -0.4 is 5.32 Å². The number of rotatable bonds is 6. The Morgan fingerprint density at radius 1 is 1.23 bits per heavy atom. The van der Waals surface area contributed by atoms with Crippen molar-refractivity contribution in [3.8, 4) is 0 Å². The Balaban J connectivity index is 2.00. The van der Waals surface area contributed by atoms with Gasteiger partial charge in [-0.1, -0.05) is 0 Å². The summed E-state index contributed by atoms with van der Waals surface area (Å²) in [5, 5.41) is 13.4. The fraction of sp³-hybridized carbons (Fsp3) is 0.556. The van der Waals surface area contributed by atoms with Crippen molar-refractivity contribution in [3.05, 3.63) is 39.9 Å². The number of nitro benzene ring substituents is 1. The molecule has 0 aliphatic heterocycles. The number of carbonyl (C=O) groups excluding carboxylic acids is 2. The van der Waals surface area contributed by atoms with Gasteiger partial charge in [0.1, 0.15) is 11.7 Å². The first-order chi connectivity index (χ1) is 12.1. The Kier molecular flexibility index (Phi) is 5.84. The van der Waals surface area contributed by atoms with Gasteiger partial charge in [-0.15, -0.1) is 0 Å². The first kappa shape index (κ1) is 19.7. The molecule has 0 aromatic heterocycles. The predicted molar refractivity (Wildman–Crippen MR) is 93.9 cm³/mol. The molecular formula is C18H24N2O6. The summed E-state index contributed by atoms with van der Waals surface area (Å²) in [7, 11) is 0. The summed E-state index contributed by atoms with van der Waals surface area (Å²) in [6.45, 7) is 7.06. The minimum Gasteiger partial charge on any atom is -0.456 e. The largest absolute Gasteiger partial charge is 0.456 e. The van der Waals surface area contributed by atoms with E-state index in [9.17, 15) is 19.7 Å². The van der Waals surface area contributed by atoms with E-state index in [1.165, 1.54) is 24.3 Å². The van der Waals surface area contributed by atoms with E-state index < -0.39 is 34.7 Å². The molecule has 142 valence electrons. The summed E-state index contributed by atoms with van der Waals surface area (Å²) in [6.07, 6.45) is 0.782. The molecule has 0 unspecified atom stereocenters. The van der Waals surface area contributed by atoms with Gasteiger partial charge in [0, 0.05) is 12.1 Å². The molecule has 0 spiro atoms. The topological polar surface area (TPSA) is 108 Å². The number of amides is 1. The second-order valence-electron chi connectivity index (χ2n) is 7.45. The first-order valence-corrected chi connectivity index (χ1v) is 8.52. The van der Waals surface area contributed by atoms with Crippen molar-refractivity contribution in [2.24, 2.45) is 5.92 Å². The summed E-state index contributed by atoms with van der Waals surface area (Å²) in [6, 6.07) is 4.81. The van der Waals surface area contributed by atoms with Crippen LogP contribution >= 0.6 is 0 Å². The molecule has 8 nitrogen and oxygen atoms in total. The van der Waals surface area contributed by atoms with Gasteiger partial charge in [0.2, 0.25) is 0 Å². The lowest BCUT2D eigenvalue weighted by Crippen LogP contribution is -2.46. The number of nitrogens with one attached hydrogen (secondary N) is 1. The molecule has 1 aliphatic rings. The normalized spacial score (nSPS) is 16.3. The second-order valence-corrected chi connectivity index (χ2v) is 7.45. The van der Waals surface area contributed by atoms with Gasteiger partial charge in [-0.25, -0.2) is 9.59 Å². The summed E-state index contributed by atoms with van der Waals surface area (Å²) < 4.78 is 10.8. The standard InChI is InChI=1S/C18H24N2O6/c1-11(19-17(22)26-18(2,3)4)15(12-5-6-12)25-16(21)13-7-9-14(10-8-13)20(23)24/h7-12,15H,5-6H2,1-4H3,(H,19,22)/t11-,15+/m1/s1. The smallest absolute Gasteiger partial charge is 0.407 e. The number of alkyl carbamates (subject to hydrolysis) is 1. The summed E-state index contributed by atoms with van der Waals surface area (Å²) >= 11 is 0. The molecule has 1 amide bonds. The Morgan fingerprint density at radius 3 is 2.27 bits per heavy atom. The Bertz CT molecular complexity index is 676. The molecule has 2 rings (SSSR count). The highest BCUT2D eigenvalue weighted by Gasteiger charge is 2.39. The average Bonchev–Trinajstić information content (AvgIpc) is 3.35. The van der Waals surface area contributed by atoms with Gasteiger partial charge in [-0.3, -0.25) is 10.1 Å². The lowest BCUT2D eigenvalue weighted by molar-refractivity contribution is -0.384. The van der Waals surface area contributed by atoms with Gasteiger partial charge in [0.15, 0.2) is 0 Å². The lowest BCUT2D eigenvalue weighted by Gasteiger charge is -2.27. The quantitative estimate of drug-likeness (QED) is 0.470. The van der Waals surface area contributed by atoms with Gasteiger partial charge in [0.25, 0.3) is 5.69 Å². The molecule has 0 radical (unpaired) electrons. The van der Waals surface area contributed by atoms with Crippen LogP contribution in [0.15, 0.2) is 24.3 Å². The highest BCUT2D eigenvalue weighted by Crippen LogP contribution is 2.36. The maximum absolute atomic E-state index is 12.4. The van der Waals surface area contributed by atoms with E-state index in [4.69, 9.17) is 9.47 Å². The molecule has 26 heavy (non-hydrogen) atoms. The monoisotopic (exact) mass is 364 g/mol. The molecule has 0 bridgehead atoms. The molecule has 1 fully saturated rings. The van der Waals surface area contributed by atoms with E-state index in [0.717, 1.165) is 12.8 Å². The van der Waals surface area contributed by atoms with Gasteiger partial charge >= 0.3 is 12.1 Å². The fourth-order valence-corrected chi connectivity index (χ4v) is 2.52. The van der Waals surface area contributed by atoms with Crippen molar-refractivity contribution in [1.82, 2.24) is 5.32 Å². The van der Waals surface area contributed by atoms with Gasteiger partial charge in [-0.05, 0) is 58.6 Å². The predicted octanol–water partition coefficient (Wildman–Crippen LogP) is 3.44. The number of hydrogen-bond acceptors (Lipinski definition) is 6. The number of nitro groups is 1. The van der Waals surface area contributed by atoms with E-state index >= 15 is 0 Å². The van der Waals surface area contributed by atoms with Crippen LogP contribution in [0.5, 0.6) is 0 Å². The second kappa shape index (κ2) is 7.72. The number of nitrogens with zero attached hydrogens (tertiary/aromatic N) is 1. The maximum Gasteiger partial charge on any atom is 0.407 e. The third-order valence-corrected chi connectivity index (χ3v) is 3.88. The minimum atomic E-state index is -0.617. The summed E-state index contributed by atoms with van der Waals surface area (Å²) in [5.74, 6) is -0.392. The first-order valence-electron chi connectivity index (χ1n) is 8.52. The van der Waals surface area contributed by atoms with Crippen LogP contribution in [-0.2, 0) is 9.47 Å². The minimum absolute atomic E-state index is 0.0970. The van der Waals surface area contributed by atoms with Crippen LogP contribution in [0, 0.1) is 16.0 Å². The molecule has 1 N–H and O–H groups in total. The molecule has 2 atom stereocenters. The average molecular weight is 364 g/mol. The van der Waals surface area contributed by atoms with Gasteiger partial charge in [0.05, 0.1) is 16.5 Å².